The normalized spacial score (nSPS) is 12.0. The Morgan fingerprint density at radius 3 is 2.57 bits per heavy atom. The summed E-state index contributed by atoms with van der Waals surface area (Å²) in [4.78, 5) is 24.1. The largest absolute Gasteiger partial charge is 0.481 e. The van der Waals surface area contributed by atoms with Crippen LogP contribution in [0.25, 0.3) is 0 Å². The van der Waals surface area contributed by atoms with Gasteiger partial charge < -0.3 is 15.3 Å². The smallest absolute Gasteiger partial charge is 0.321 e. The summed E-state index contributed by atoms with van der Waals surface area (Å²) >= 11 is 0.337. The van der Waals surface area contributed by atoms with Crippen molar-refractivity contribution in [3.63, 3.8) is 0 Å². The van der Waals surface area contributed by atoms with Crippen molar-refractivity contribution in [1.29, 1.82) is 0 Å². The lowest BCUT2D eigenvalue weighted by Crippen LogP contribution is -2.36. The van der Waals surface area contributed by atoms with Crippen LogP contribution in [0, 0.1) is 5.92 Å². The zero-order valence-corrected chi connectivity index (χ0v) is 12.4. The Bertz CT molecular complexity index is 514. The van der Waals surface area contributed by atoms with E-state index in [0.717, 1.165) is 0 Å². The number of nitrogens with one attached hydrogen (secondary N) is 1. The molecular formula is C13H16F2N2O3S. The Morgan fingerprint density at radius 2 is 2.00 bits per heavy atom. The highest BCUT2D eigenvalue weighted by molar-refractivity contribution is 7.99. The molecule has 0 aliphatic rings. The molecular weight excluding hydrogens is 302 g/mol. The fourth-order valence-electron chi connectivity index (χ4n) is 1.55. The van der Waals surface area contributed by atoms with E-state index < -0.39 is 23.7 Å². The van der Waals surface area contributed by atoms with Crippen LogP contribution in [-0.2, 0) is 4.79 Å². The van der Waals surface area contributed by atoms with Crippen LogP contribution < -0.4 is 5.32 Å². The van der Waals surface area contributed by atoms with Crippen molar-refractivity contribution in [3.8, 4) is 0 Å². The highest BCUT2D eigenvalue weighted by atomic mass is 32.2. The Morgan fingerprint density at radius 1 is 1.38 bits per heavy atom. The standard InChI is InChI=1S/C13H16F2N2O3S/c1-8(11(18)19)7-17(2)13(20)16-9-5-3-4-6-10(9)21-12(14)15/h3-6,8,12H,7H2,1-2H3,(H,16,20)(H,18,19). The number of urea groups is 1. The lowest BCUT2D eigenvalue weighted by Gasteiger charge is -2.20. The monoisotopic (exact) mass is 318 g/mol. The molecule has 21 heavy (non-hydrogen) atoms. The quantitative estimate of drug-likeness (QED) is 0.790. The Labute approximate surface area is 125 Å². The SMILES string of the molecule is CC(CN(C)C(=O)Nc1ccccc1SC(F)F)C(=O)O. The number of aliphatic carboxylic acids is 1. The van der Waals surface area contributed by atoms with Gasteiger partial charge in [0.25, 0.3) is 5.76 Å². The number of hydrogen-bond donors (Lipinski definition) is 2. The Balaban J connectivity index is 2.72. The lowest BCUT2D eigenvalue weighted by atomic mass is 10.2. The Hall–Kier alpha value is -1.83. The first-order valence-electron chi connectivity index (χ1n) is 6.10. The molecule has 0 saturated heterocycles. The minimum absolute atomic E-state index is 0.0192. The molecule has 0 aromatic heterocycles. The number of carboxylic acids is 1. The number of carbonyl (C=O) groups is 2. The predicted molar refractivity (Wildman–Crippen MR) is 76.8 cm³/mol. The molecule has 0 saturated carbocycles. The average molecular weight is 318 g/mol. The maximum Gasteiger partial charge on any atom is 0.321 e. The summed E-state index contributed by atoms with van der Waals surface area (Å²) in [5.74, 6) is -4.32. The molecule has 1 atom stereocenters. The molecule has 0 bridgehead atoms. The van der Waals surface area contributed by atoms with Gasteiger partial charge in [0.2, 0.25) is 0 Å². The van der Waals surface area contributed by atoms with Crippen LogP contribution in [0.3, 0.4) is 0 Å². The van der Waals surface area contributed by atoms with Gasteiger partial charge in [0, 0.05) is 18.5 Å². The van der Waals surface area contributed by atoms with E-state index in [1.165, 1.54) is 31.0 Å². The number of carboxylic acid groups (broad SMARTS) is 1. The summed E-state index contributed by atoms with van der Waals surface area (Å²) in [5, 5.41) is 11.3. The first kappa shape index (κ1) is 17.2. The van der Waals surface area contributed by atoms with Crippen LogP contribution in [-0.4, -0.2) is 41.4 Å². The van der Waals surface area contributed by atoms with Gasteiger partial charge in [-0.1, -0.05) is 30.8 Å². The number of carbonyl (C=O) groups excluding carboxylic acids is 1. The molecule has 8 heteroatoms. The van der Waals surface area contributed by atoms with Crippen LogP contribution in [0.2, 0.25) is 0 Å². The third kappa shape index (κ3) is 5.58. The molecule has 1 aromatic carbocycles. The molecule has 0 radical (unpaired) electrons. The summed E-state index contributed by atoms with van der Waals surface area (Å²) in [6.07, 6.45) is 0. The number of anilines is 1. The van der Waals surface area contributed by atoms with E-state index in [4.69, 9.17) is 5.11 Å². The number of alkyl halides is 2. The second-order valence-electron chi connectivity index (χ2n) is 4.42. The van der Waals surface area contributed by atoms with E-state index in [9.17, 15) is 18.4 Å². The second-order valence-corrected chi connectivity index (χ2v) is 5.46. The minimum Gasteiger partial charge on any atom is -0.481 e. The molecule has 1 rings (SSSR count). The molecule has 116 valence electrons. The van der Waals surface area contributed by atoms with E-state index in [0.29, 0.717) is 11.8 Å². The van der Waals surface area contributed by atoms with Crippen molar-refractivity contribution in [2.24, 2.45) is 5.92 Å². The number of nitrogens with zero attached hydrogens (tertiary/aromatic N) is 1. The zero-order valence-electron chi connectivity index (χ0n) is 11.5. The number of hydrogen-bond acceptors (Lipinski definition) is 3. The van der Waals surface area contributed by atoms with Crippen molar-refractivity contribution in [2.45, 2.75) is 17.6 Å². The van der Waals surface area contributed by atoms with E-state index in [2.05, 4.69) is 5.32 Å². The molecule has 1 unspecified atom stereocenters. The van der Waals surface area contributed by atoms with Crippen LogP contribution in [0.15, 0.2) is 29.2 Å². The molecule has 2 N–H and O–H groups in total. The molecule has 0 heterocycles. The van der Waals surface area contributed by atoms with E-state index in [1.807, 2.05) is 0 Å². The summed E-state index contributed by atoms with van der Waals surface area (Å²) in [5.41, 5.74) is 0.266. The lowest BCUT2D eigenvalue weighted by molar-refractivity contribution is -0.141. The van der Waals surface area contributed by atoms with E-state index in [1.54, 1.807) is 12.1 Å². The number of rotatable bonds is 6. The fraction of sp³-hybridized carbons (Fsp3) is 0.385. The maximum atomic E-state index is 12.4. The van der Waals surface area contributed by atoms with Gasteiger partial charge in [-0.05, 0) is 12.1 Å². The van der Waals surface area contributed by atoms with Crippen molar-refractivity contribution >= 4 is 29.4 Å². The third-order valence-electron chi connectivity index (χ3n) is 2.66. The van der Waals surface area contributed by atoms with Crippen molar-refractivity contribution < 1.29 is 23.5 Å². The minimum atomic E-state index is -2.59. The second kappa shape index (κ2) is 7.82. The van der Waals surface area contributed by atoms with Crippen molar-refractivity contribution in [2.75, 3.05) is 18.9 Å². The van der Waals surface area contributed by atoms with E-state index >= 15 is 0 Å². The van der Waals surface area contributed by atoms with Gasteiger partial charge in [0.15, 0.2) is 0 Å². The third-order valence-corrected chi connectivity index (χ3v) is 3.45. The Kier molecular flexibility index (Phi) is 6.41. The van der Waals surface area contributed by atoms with Gasteiger partial charge in [-0.15, -0.1) is 0 Å². The highest BCUT2D eigenvalue weighted by Gasteiger charge is 2.18. The molecule has 1 aromatic rings. The van der Waals surface area contributed by atoms with Crippen LogP contribution in [0.5, 0.6) is 0 Å². The summed E-state index contributed by atoms with van der Waals surface area (Å²) < 4.78 is 24.9. The van der Waals surface area contributed by atoms with Gasteiger partial charge in [-0.25, -0.2) is 4.79 Å². The highest BCUT2D eigenvalue weighted by Crippen LogP contribution is 2.31. The van der Waals surface area contributed by atoms with Gasteiger partial charge in [-0.3, -0.25) is 4.79 Å². The van der Waals surface area contributed by atoms with Gasteiger partial charge >= 0.3 is 12.0 Å². The average Bonchev–Trinajstić information content (AvgIpc) is 2.40. The van der Waals surface area contributed by atoms with Crippen molar-refractivity contribution in [3.05, 3.63) is 24.3 Å². The van der Waals surface area contributed by atoms with Crippen LogP contribution >= 0.6 is 11.8 Å². The summed E-state index contributed by atoms with van der Waals surface area (Å²) in [7, 11) is 1.44. The van der Waals surface area contributed by atoms with Crippen molar-refractivity contribution in [1.82, 2.24) is 4.90 Å². The number of thioether (sulfide) groups is 1. The first-order valence-corrected chi connectivity index (χ1v) is 6.98. The number of para-hydroxylation sites is 1. The zero-order chi connectivity index (χ0) is 16.0. The fourth-order valence-corrected chi connectivity index (χ4v) is 2.15. The molecule has 0 aliphatic heterocycles. The molecule has 5 nitrogen and oxygen atoms in total. The molecule has 0 fully saturated rings. The topological polar surface area (TPSA) is 69.6 Å². The predicted octanol–water partition coefficient (Wildman–Crippen LogP) is 3.19. The summed E-state index contributed by atoms with van der Waals surface area (Å²) in [6, 6.07) is 5.65. The van der Waals surface area contributed by atoms with Gasteiger partial charge in [0.05, 0.1) is 11.6 Å². The maximum absolute atomic E-state index is 12.4. The number of halogens is 2. The molecule has 0 spiro atoms. The number of benzene rings is 1. The summed E-state index contributed by atoms with van der Waals surface area (Å²) in [6.45, 7) is 1.50. The van der Waals surface area contributed by atoms with Gasteiger partial charge in [0.1, 0.15) is 0 Å². The first-order chi connectivity index (χ1) is 9.81. The van der Waals surface area contributed by atoms with Crippen LogP contribution in [0.4, 0.5) is 19.3 Å². The molecule has 2 amide bonds. The van der Waals surface area contributed by atoms with Crippen LogP contribution in [0.1, 0.15) is 6.92 Å². The van der Waals surface area contributed by atoms with E-state index in [-0.39, 0.29) is 17.1 Å². The number of amides is 2. The molecule has 0 aliphatic carbocycles. The van der Waals surface area contributed by atoms with Gasteiger partial charge in [-0.2, -0.15) is 8.78 Å².